The van der Waals surface area contributed by atoms with Crippen LogP contribution in [0.25, 0.3) is 5.65 Å². The van der Waals surface area contributed by atoms with Gasteiger partial charge in [0, 0.05) is 30.3 Å². The van der Waals surface area contributed by atoms with Crippen LogP contribution in [0.4, 0.5) is 10.5 Å². The Morgan fingerprint density at radius 3 is 3.00 bits per heavy atom. The van der Waals surface area contributed by atoms with Crippen LogP contribution in [0.15, 0.2) is 42.9 Å². The molecule has 3 heterocycles. The summed E-state index contributed by atoms with van der Waals surface area (Å²) in [6, 6.07) is 7.62. The number of pyridine rings is 2. The highest BCUT2D eigenvalue weighted by molar-refractivity contribution is 5.67. The first-order valence-electron chi connectivity index (χ1n) is 7.82. The number of carbonyl (C=O) groups excluding carboxylic acids is 1. The van der Waals surface area contributed by atoms with Gasteiger partial charge in [-0.25, -0.2) is 14.8 Å². The van der Waals surface area contributed by atoms with Crippen LogP contribution >= 0.6 is 0 Å². The number of ether oxygens (including phenoxy) is 1. The van der Waals surface area contributed by atoms with Crippen molar-refractivity contribution in [2.75, 3.05) is 5.32 Å². The summed E-state index contributed by atoms with van der Waals surface area (Å²) in [5.41, 5.74) is 9.00. The van der Waals surface area contributed by atoms with Crippen molar-refractivity contribution in [2.45, 2.75) is 25.3 Å². The third-order valence-electron chi connectivity index (χ3n) is 3.99. The molecule has 0 unspecified atom stereocenters. The number of carbonyl (C=O) groups is 1. The molecule has 1 aliphatic carbocycles. The molecule has 0 aliphatic heterocycles. The van der Waals surface area contributed by atoms with Crippen LogP contribution in [-0.4, -0.2) is 20.5 Å². The number of primary amides is 1. The van der Waals surface area contributed by atoms with Gasteiger partial charge in [-0.2, -0.15) is 0 Å². The first-order chi connectivity index (χ1) is 11.7. The van der Waals surface area contributed by atoms with Gasteiger partial charge in [0.1, 0.15) is 5.65 Å². The van der Waals surface area contributed by atoms with Crippen LogP contribution in [0.2, 0.25) is 0 Å². The van der Waals surface area contributed by atoms with Crippen LogP contribution < -0.4 is 15.8 Å². The second kappa shape index (κ2) is 5.84. The van der Waals surface area contributed by atoms with Crippen LogP contribution in [-0.2, 0) is 6.54 Å². The van der Waals surface area contributed by atoms with Crippen molar-refractivity contribution in [3.63, 3.8) is 0 Å². The Bertz CT molecular complexity index is 901. The fourth-order valence-electron chi connectivity index (χ4n) is 2.68. The monoisotopic (exact) mass is 323 g/mol. The quantitative estimate of drug-likeness (QED) is 0.753. The Kier molecular flexibility index (Phi) is 3.53. The van der Waals surface area contributed by atoms with Gasteiger partial charge in [0.25, 0.3) is 0 Å². The van der Waals surface area contributed by atoms with Gasteiger partial charge in [-0.15, -0.1) is 0 Å². The zero-order valence-corrected chi connectivity index (χ0v) is 13.0. The first kappa shape index (κ1) is 14.5. The molecule has 0 saturated heterocycles. The van der Waals surface area contributed by atoms with E-state index in [9.17, 15) is 4.79 Å². The molecule has 0 atom stereocenters. The molecule has 0 spiro atoms. The molecule has 24 heavy (non-hydrogen) atoms. The zero-order valence-electron chi connectivity index (χ0n) is 13.0. The summed E-state index contributed by atoms with van der Waals surface area (Å²) < 4.78 is 6.83. The molecule has 0 radical (unpaired) electrons. The molecule has 3 N–H and O–H groups in total. The maximum absolute atomic E-state index is 10.8. The van der Waals surface area contributed by atoms with Gasteiger partial charge in [-0.05, 0) is 36.5 Å². The molecule has 1 fully saturated rings. The Labute approximate surface area is 138 Å². The molecule has 122 valence electrons. The van der Waals surface area contributed by atoms with Crippen molar-refractivity contribution in [2.24, 2.45) is 5.73 Å². The van der Waals surface area contributed by atoms with E-state index in [1.54, 1.807) is 18.3 Å². The lowest BCUT2D eigenvalue weighted by Crippen LogP contribution is -2.17. The van der Waals surface area contributed by atoms with Gasteiger partial charge in [0.05, 0.1) is 12.2 Å². The summed E-state index contributed by atoms with van der Waals surface area (Å²) >= 11 is 0. The van der Waals surface area contributed by atoms with E-state index in [0.717, 1.165) is 22.9 Å². The van der Waals surface area contributed by atoms with E-state index in [0.29, 0.717) is 6.54 Å². The molecular formula is C17H17N5O2. The lowest BCUT2D eigenvalue weighted by molar-refractivity contribution is 0.209. The zero-order chi connectivity index (χ0) is 16.5. The average molecular weight is 323 g/mol. The van der Waals surface area contributed by atoms with E-state index in [1.165, 1.54) is 18.4 Å². The van der Waals surface area contributed by atoms with Crippen molar-refractivity contribution in [3.8, 4) is 5.88 Å². The molecule has 3 aromatic rings. The Morgan fingerprint density at radius 1 is 1.33 bits per heavy atom. The van der Waals surface area contributed by atoms with Crippen LogP contribution in [0.1, 0.15) is 30.0 Å². The first-order valence-corrected chi connectivity index (χ1v) is 7.82. The number of anilines is 1. The second-order valence-corrected chi connectivity index (χ2v) is 5.89. The number of rotatable bonds is 5. The Balaban J connectivity index is 1.47. The van der Waals surface area contributed by atoms with E-state index < -0.39 is 6.09 Å². The number of aromatic nitrogens is 3. The molecule has 7 nitrogen and oxygen atoms in total. The average Bonchev–Trinajstić information content (AvgIpc) is 3.32. The molecule has 0 aromatic carbocycles. The SMILES string of the molecule is NC(=O)Oc1cc(NCc2cn3cc(C4CC4)ccc3n2)ccn1. The van der Waals surface area contributed by atoms with Crippen LogP contribution in [0.3, 0.4) is 0 Å². The highest BCUT2D eigenvalue weighted by Crippen LogP contribution is 2.39. The highest BCUT2D eigenvalue weighted by Gasteiger charge is 2.23. The molecule has 1 aliphatic rings. The number of amides is 1. The predicted octanol–water partition coefficient (Wildman–Crippen LogP) is 2.68. The van der Waals surface area contributed by atoms with Gasteiger partial charge in [0.2, 0.25) is 5.88 Å². The largest absolute Gasteiger partial charge is 0.411 e. The topological polar surface area (TPSA) is 94.5 Å². The van der Waals surface area contributed by atoms with Crippen molar-refractivity contribution in [3.05, 3.63) is 54.1 Å². The Hall–Kier alpha value is -3.09. The van der Waals surface area contributed by atoms with Gasteiger partial charge in [0.15, 0.2) is 0 Å². The Morgan fingerprint density at radius 2 is 2.21 bits per heavy atom. The minimum absolute atomic E-state index is 0.163. The number of hydrogen-bond donors (Lipinski definition) is 2. The number of nitrogens with one attached hydrogen (secondary N) is 1. The number of imidazole rings is 1. The fourth-order valence-corrected chi connectivity index (χ4v) is 2.68. The lowest BCUT2D eigenvalue weighted by atomic mass is 10.2. The summed E-state index contributed by atoms with van der Waals surface area (Å²) in [6.07, 6.45) is 7.42. The smallest absolute Gasteiger partial charge is 0.391 e. The number of fused-ring (bicyclic) bond motifs is 1. The minimum Gasteiger partial charge on any atom is -0.391 e. The lowest BCUT2D eigenvalue weighted by Gasteiger charge is -2.05. The molecule has 3 aromatic heterocycles. The summed E-state index contributed by atoms with van der Waals surface area (Å²) in [5.74, 6) is 0.885. The van der Waals surface area contributed by atoms with Gasteiger partial charge in [-0.3, -0.25) is 0 Å². The molecule has 7 heteroatoms. The third kappa shape index (κ3) is 3.15. The van der Waals surface area contributed by atoms with E-state index >= 15 is 0 Å². The minimum atomic E-state index is -0.883. The van der Waals surface area contributed by atoms with Gasteiger partial charge >= 0.3 is 6.09 Å². The summed E-state index contributed by atoms with van der Waals surface area (Å²) in [6.45, 7) is 0.556. The van der Waals surface area contributed by atoms with Crippen molar-refractivity contribution in [1.82, 2.24) is 14.4 Å². The van der Waals surface area contributed by atoms with Crippen LogP contribution in [0, 0.1) is 0 Å². The highest BCUT2D eigenvalue weighted by atomic mass is 16.6. The van der Waals surface area contributed by atoms with Crippen molar-refractivity contribution < 1.29 is 9.53 Å². The van der Waals surface area contributed by atoms with E-state index in [4.69, 9.17) is 10.5 Å². The van der Waals surface area contributed by atoms with E-state index in [1.807, 2.05) is 6.20 Å². The second-order valence-electron chi connectivity index (χ2n) is 5.89. The summed E-state index contributed by atoms with van der Waals surface area (Å²) in [4.78, 5) is 19.3. The number of hydrogen-bond acceptors (Lipinski definition) is 5. The van der Waals surface area contributed by atoms with Crippen molar-refractivity contribution in [1.29, 1.82) is 0 Å². The summed E-state index contributed by atoms with van der Waals surface area (Å²) in [7, 11) is 0. The molecule has 0 bridgehead atoms. The maximum Gasteiger partial charge on any atom is 0.411 e. The molecule has 1 saturated carbocycles. The molecule has 1 amide bonds. The van der Waals surface area contributed by atoms with E-state index in [-0.39, 0.29) is 5.88 Å². The van der Waals surface area contributed by atoms with Crippen LogP contribution in [0.5, 0.6) is 5.88 Å². The fraction of sp³-hybridized carbons (Fsp3) is 0.235. The normalized spacial score (nSPS) is 13.8. The molecule has 4 rings (SSSR count). The van der Waals surface area contributed by atoms with Gasteiger partial charge in [-0.1, -0.05) is 6.07 Å². The number of nitrogens with zero attached hydrogens (tertiary/aromatic N) is 3. The van der Waals surface area contributed by atoms with Crippen molar-refractivity contribution >= 4 is 17.4 Å². The third-order valence-corrected chi connectivity index (χ3v) is 3.99. The van der Waals surface area contributed by atoms with Gasteiger partial charge < -0.3 is 20.2 Å². The summed E-state index contributed by atoms with van der Waals surface area (Å²) in [5, 5.41) is 3.24. The number of nitrogens with two attached hydrogens (primary N) is 1. The molecular weight excluding hydrogens is 306 g/mol. The standard InChI is InChI=1S/C17H17N5O2/c18-17(23)24-16-7-13(5-6-19-16)20-8-14-10-22-9-12(11-1-2-11)3-4-15(22)21-14/h3-7,9-11H,1-2,8H2,(H2,18,23)(H,19,20). The predicted molar refractivity (Wildman–Crippen MR) is 88.9 cm³/mol. The maximum atomic E-state index is 10.8. The van der Waals surface area contributed by atoms with E-state index in [2.05, 4.69) is 38.0 Å².